The molecule has 144 valence electrons. The Kier molecular flexibility index (Phi) is 4.53. The van der Waals surface area contributed by atoms with Gasteiger partial charge in [-0.05, 0) is 26.0 Å². The summed E-state index contributed by atoms with van der Waals surface area (Å²) < 4.78 is 32.4. The number of rotatable bonds is 3. The molecular weight excluding hydrogens is 378 g/mol. The summed E-state index contributed by atoms with van der Waals surface area (Å²) in [4.78, 5) is 6.75. The number of benzene rings is 1. The van der Waals surface area contributed by atoms with E-state index in [1.54, 1.807) is 13.8 Å². The number of sulfonamides is 1. The maximum absolute atomic E-state index is 13.0. The highest BCUT2D eigenvalue weighted by molar-refractivity contribution is 7.89. The van der Waals surface area contributed by atoms with E-state index in [9.17, 15) is 13.7 Å². The lowest BCUT2D eigenvalue weighted by molar-refractivity contribution is 0.378. The molecule has 0 atom stereocenters. The number of pyridine rings is 1. The Balaban J connectivity index is 1.60. The van der Waals surface area contributed by atoms with Crippen LogP contribution in [-0.2, 0) is 10.0 Å². The largest absolute Gasteiger partial charge is 0.360 e. The molecule has 0 amide bonds. The Bertz CT molecular complexity index is 1170. The minimum Gasteiger partial charge on any atom is -0.360 e. The summed E-state index contributed by atoms with van der Waals surface area (Å²) in [6, 6.07) is 11.7. The number of para-hydroxylation sites is 1. The Labute approximate surface area is 163 Å². The molecule has 0 aliphatic carbocycles. The van der Waals surface area contributed by atoms with Crippen LogP contribution >= 0.6 is 0 Å². The summed E-state index contributed by atoms with van der Waals surface area (Å²) in [6.45, 7) is 4.71. The normalized spacial score (nSPS) is 15.7. The standard InChI is InChI=1S/C19H19N5O3S/c1-13-18(14(2)27-22-13)28(25,26)24-9-7-23(8-10-24)19-16(12-20)11-15-5-3-4-6-17(15)21-19/h3-6,11H,7-10H2,1-2H3. The second kappa shape index (κ2) is 6.89. The van der Waals surface area contributed by atoms with Crippen molar-refractivity contribution in [3.63, 3.8) is 0 Å². The fraction of sp³-hybridized carbons (Fsp3) is 0.316. The maximum atomic E-state index is 13.0. The van der Waals surface area contributed by atoms with Crippen molar-refractivity contribution in [2.75, 3.05) is 31.1 Å². The molecule has 9 heteroatoms. The highest BCUT2D eigenvalue weighted by Gasteiger charge is 2.34. The van der Waals surface area contributed by atoms with Crippen molar-refractivity contribution in [3.05, 3.63) is 47.3 Å². The van der Waals surface area contributed by atoms with E-state index in [4.69, 9.17) is 4.52 Å². The van der Waals surface area contributed by atoms with Crippen molar-refractivity contribution in [1.82, 2.24) is 14.4 Å². The predicted molar refractivity (Wildman–Crippen MR) is 103 cm³/mol. The number of nitrogens with zero attached hydrogens (tertiary/aromatic N) is 5. The molecule has 1 aromatic carbocycles. The van der Waals surface area contributed by atoms with Crippen LogP contribution in [0.2, 0.25) is 0 Å². The summed E-state index contributed by atoms with van der Waals surface area (Å²) in [5.41, 5.74) is 1.66. The topological polar surface area (TPSA) is 103 Å². The van der Waals surface area contributed by atoms with Crippen molar-refractivity contribution < 1.29 is 12.9 Å². The summed E-state index contributed by atoms with van der Waals surface area (Å²) in [6.07, 6.45) is 0. The zero-order chi connectivity index (χ0) is 19.9. The van der Waals surface area contributed by atoms with E-state index in [-0.39, 0.29) is 4.90 Å². The molecule has 3 heterocycles. The monoisotopic (exact) mass is 397 g/mol. The third-order valence-corrected chi connectivity index (χ3v) is 7.07. The molecule has 0 N–H and O–H groups in total. The van der Waals surface area contributed by atoms with E-state index >= 15 is 0 Å². The van der Waals surface area contributed by atoms with Gasteiger partial charge in [-0.3, -0.25) is 0 Å². The Morgan fingerprint density at radius 2 is 1.86 bits per heavy atom. The fourth-order valence-electron chi connectivity index (χ4n) is 3.54. The molecule has 3 aromatic rings. The van der Waals surface area contributed by atoms with Gasteiger partial charge < -0.3 is 9.42 Å². The van der Waals surface area contributed by atoms with Gasteiger partial charge in [0.2, 0.25) is 10.0 Å². The average Bonchev–Trinajstić information content (AvgIpc) is 3.05. The first-order valence-corrected chi connectivity index (χ1v) is 10.3. The highest BCUT2D eigenvalue weighted by atomic mass is 32.2. The molecule has 1 aliphatic heterocycles. The number of hydrogen-bond donors (Lipinski definition) is 0. The second-order valence-electron chi connectivity index (χ2n) is 6.71. The number of aromatic nitrogens is 2. The first-order valence-electron chi connectivity index (χ1n) is 8.89. The first kappa shape index (κ1) is 18.4. The average molecular weight is 397 g/mol. The van der Waals surface area contributed by atoms with Crippen LogP contribution in [0, 0.1) is 25.2 Å². The van der Waals surface area contributed by atoms with Crippen LogP contribution in [0.3, 0.4) is 0 Å². The zero-order valence-electron chi connectivity index (χ0n) is 15.6. The van der Waals surface area contributed by atoms with Crippen molar-refractivity contribution in [2.45, 2.75) is 18.7 Å². The van der Waals surface area contributed by atoms with Gasteiger partial charge in [0, 0.05) is 31.6 Å². The Morgan fingerprint density at radius 3 is 2.50 bits per heavy atom. The molecule has 0 spiro atoms. The van der Waals surface area contributed by atoms with Crippen LogP contribution in [0.5, 0.6) is 0 Å². The minimum absolute atomic E-state index is 0.141. The number of nitriles is 1. The molecule has 2 aromatic heterocycles. The fourth-order valence-corrected chi connectivity index (χ4v) is 5.25. The lowest BCUT2D eigenvalue weighted by atomic mass is 10.1. The van der Waals surface area contributed by atoms with E-state index in [1.165, 1.54) is 4.31 Å². The van der Waals surface area contributed by atoms with Crippen LogP contribution in [0.4, 0.5) is 5.82 Å². The maximum Gasteiger partial charge on any atom is 0.248 e. The van der Waals surface area contributed by atoms with Crippen LogP contribution in [0.15, 0.2) is 39.8 Å². The van der Waals surface area contributed by atoms with E-state index in [2.05, 4.69) is 16.2 Å². The molecule has 0 saturated carbocycles. The van der Waals surface area contributed by atoms with Gasteiger partial charge in [-0.1, -0.05) is 23.4 Å². The van der Waals surface area contributed by atoms with E-state index < -0.39 is 10.0 Å². The Hall–Kier alpha value is -2.96. The smallest absolute Gasteiger partial charge is 0.248 e. The van der Waals surface area contributed by atoms with Gasteiger partial charge in [-0.15, -0.1) is 0 Å². The molecular formula is C19H19N5O3S. The summed E-state index contributed by atoms with van der Waals surface area (Å²) in [7, 11) is -3.67. The van der Waals surface area contributed by atoms with Gasteiger partial charge in [-0.25, -0.2) is 13.4 Å². The van der Waals surface area contributed by atoms with Crippen molar-refractivity contribution >= 4 is 26.7 Å². The number of piperazine rings is 1. The lowest BCUT2D eigenvalue weighted by Crippen LogP contribution is -2.49. The van der Waals surface area contributed by atoms with Gasteiger partial charge in [0.25, 0.3) is 0 Å². The van der Waals surface area contributed by atoms with Gasteiger partial charge in [0.15, 0.2) is 5.76 Å². The Morgan fingerprint density at radius 1 is 1.14 bits per heavy atom. The number of aryl methyl sites for hydroxylation is 2. The van der Waals surface area contributed by atoms with E-state index in [0.717, 1.165) is 10.9 Å². The summed E-state index contributed by atoms with van der Waals surface area (Å²) >= 11 is 0. The molecule has 1 saturated heterocycles. The van der Waals surface area contributed by atoms with Crippen molar-refractivity contribution in [2.24, 2.45) is 0 Å². The predicted octanol–water partition coefficient (Wildman–Crippen LogP) is 2.22. The van der Waals surface area contributed by atoms with E-state index in [1.807, 2.05) is 35.2 Å². The summed E-state index contributed by atoms with van der Waals surface area (Å²) in [5, 5.41) is 14.2. The second-order valence-corrected chi connectivity index (χ2v) is 8.58. The molecule has 1 fully saturated rings. The zero-order valence-corrected chi connectivity index (χ0v) is 16.4. The first-order chi connectivity index (χ1) is 13.4. The minimum atomic E-state index is -3.67. The molecule has 28 heavy (non-hydrogen) atoms. The van der Waals surface area contributed by atoms with Gasteiger partial charge in [0.1, 0.15) is 22.5 Å². The summed E-state index contributed by atoms with van der Waals surface area (Å²) in [5.74, 6) is 0.887. The van der Waals surface area contributed by atoms with Crippen LogP contribution in [0.1, 0.15) is 17.0 Å². The van der Waals surface area contributed by atoms with Gasteiger partial charge >= 0.3 is 0 Å². The van der Waals surface area contributed by atoms with Gasteiger partial charge in [-0.2, -0.15) is 9.57 Å². The van der Waals surface area contributed by atoms with Crippen LogP contribution < -0.4 is 4.90 Å². The number of hydrogen-bond acceptors (Lipinski definition) is 7. The van der Waals surface area contributed by atoms with Crippen LogP contribution in [-0.4, -0.2) is 49.0 Å². The van der Waals surface area contributed by atoms with Gasteiger partial charge in [0.05, 0.1) is 11.1 Å². The molecule has 0 radical (unpaired) electrons. The van der Waals surface area contributed by atoms with E-state index in [0.29, 0.717) is 49.0 Å². The molecule has 0 unspecified atom stereocenters. The third kappa shape index (κ3) is 3.00. The molecule has 4 rings (SSSR count). The third-order valence-electron chi connectivity index (χ3n) is 4.93. The van der Waals surface area contributed by atoms with Crippen molar-refractivity contribution in [3.8, 4) is 6.07 Å². The lowest BCUT2D eigenvalue weighted by Gasteiger charge is -2.35. The van der Waals surface area contributed by atoms with Crippen LogP contribution in [0.25, 0.3) is 10.9 Å². The molecule has 8 nitrogen and oxygen atoms in total. The number of anilines is 1. The molecule has 0 bridgehead atoms. The number of fused-ring (bicyclic) bond motifs is 1. The highest BCUT2D eigenvalue weighted by Crippen LogP contribution is 2.27. The molecule has 1 aliphatic rings. The quantitative estimate of drug-likeness (QED) is 0.667. The SMILES string of the molecule is Cc1noc(C)c1S(=O)(=O)N1CCN(c2nc3ccccc3cc2C#N)CC1. The van der Waals surface area contributed by atoms with Crippen molar-refractivity contribution in [1.29, 1.82) is 5.26 Å².